The number of aromatic nitrogens is 1. The molecule has 3 N–H and O–H groups in total. The maximum atomic E-state index is 13.3. The molecule has 194 valence electrons. The first-order valence-electron chi connectivity index (χ1n) is 12.4. The molecule has 1 saturated carbocycles. The Morgan fingerprint density at radius 1 is 1.03 bits per heavy atom. The van der Waals surface area contributed by atoms with Crippen molar-refractivity contribution in [2.24, 2.45) is 11.8 Å². The van der Waals surface area contributed by atoms with Crippen molar-refractivity contribution in [2.45, 2.75) is 42.9 Å². The van der Waals surface area contributed by atoms with Crippen LogP contribution in [0.25, 0.3) is 0 Å². The standard InChI is InChI=1S/C27H31BN2O6S/c31-27(30-25(28(32)33)17-21-10-7-11-21)22(16-20-8-3-1-4-9-20)19-37(34,35)24-14-15-26(29-18-24)36-23-12-5-2-6-13-23/h1-6,8-9,12-15,18,21-22,25,32-33H,7,10-11,16-17,19H2,(H,30,31)/t22-,25+/m1/s1. The molecular formula is C27H31BN2O6S. The number of pyridine rings is 1. The van der Waals surface area contributed by atoms with Crippen molar-refractivity contribution < 1.29 is 28.0 Å². The van der Waals surface area contributed by atoms with Crippen molar-refractivity contribution in [3.8, 4) is 11.6 Å². The summed E-state index contributed by atoms with van der Waals surface area (Å²) in [5.74, 6) is -1.61. The minimum absolute atomic E-state index is 0.0213. The summed E-state index contributed by atoms with van der Waals surface area (Å²) in [5, 5.41) is 22.4. The Labute approximate surface area is 217 Å². The zero-order valence-corrected chi connectivity index (χ0v) is 21.3. The van der Waals surface area contributed by atoms with Gasteiger partial charge in [-0.1, -0.05) is 67.8 Å². The molecule has 0 spiro atoms. The van der Waals surface area contributed by atoms with Crippen LogP contribution in [0.4, 0.5) is 0 Å². The summed E-state index contributed by atoms with van der Waals surface area (Å²) in [7, 11) is -5.61. The summed E-state index contributed by atoms with van der Waals surface area (Å²) in [6.45, 7) is 0. The van der Waals surface area contributed by atoms with Crippen LogP contribution in [0.1, 0.15) is 31.2 Å². The first kappa shape index (κ1) is 26.8. The molecule has 0 saturated heterocycles. The van der Waals surface area contributed by atoms with Gasteiger partial charge in [-0.2, -0.15) is 0 Å². The normalized spacial score (nSPS) is 15.3. The Hall–Kier alpha value is -3.21. The van der Waals surface area contributed by atoms with Crippen LogP contribution >= 0.6 is 0 Å². The lowest BCUT2D eigenvalue weighted by molar-refractivity contribution is -0.124. The number of hydrogen-bond donors (Lipinski definition) is 3. The monoisotopic (exact) mass is 522 g/mol. The van der Waals surface area contributed by atoms with E-state index < -0.39 is 40.5 Å². The largest absolute Gasteiger partial charge is 0.475 e. The molecule has 1 aliphatic carbocycles. The van der Waals surface area contributed by atoms with E-state index in [0.717, 1.165) is 24.8 Å². The molecule has 8 nitrogen and oxygen atoms in total. The van der Waals surface area contributed by atoms with Gasteiger partial charge in [0.05, 0.1) is 22.5 Å². The van der Waals surface area contributed by atoms with Crippen LogP contribution in [0.15, 0.2) is 83.9 Å². The van der Waals surface area contributed by atoms with Gasteiger partial charge in [-0.25, -0.2) is 13.4 Å². The van der Waals surface area contributed by atoms with Crippen LogP contribution in [-0.2, 0) is 21.1 Å². The van der Waals surface area contributed by atoms with Crippen LogP contribution < -0.4 is 10.1 Å². The molecule has 4 rings (SSSR count). The van der Waals surface area contributed by atoms with Gasteiger partial charge in [0.2, 0.25) is 11.8 Å². The van der Waals surface area contributed by atoms with E-state index >= 15 is 0 Å². The van der Waals surface area contributed by atoms with Crippen LogP contribution in [0.3, 0.4) is 0 Å². The highest BCUT2D eigenvalue weighted by molar-refractivity contribution is 7.91. The summed E-state index contributed by atoms with van der Waals surface area (Å²) < 4.78 is 32.2. The van der Waals surface area contributed by atoms with E-state index in [1.54, 1.807) is 12.1 Å². The van der Waals surface area contributed by atoms with Gasteiger partial charge in [-0.15, -0.1) is 0 Å². The average molecular weight is 522 g/mol. The van der Waals surface area contributed by atoms with Crippen LogP contribution in [0, 0.1) is 11.8 Å². The number of carbonyl (C=O) groups excluding carboxylic acids is 1. The summed E-state index contributed by atoms with van der Waals surface area (Å²) in [6.07, 6.45) is 4.91. The second kappa shape index (κ2) is 12.4. The Kier molecular flexibility index (Phi) is 8.97. The van der Waals surface area contributed by atoms with Gasteiger partial charge in [0, 0.05) is 12.3 Å². The first-order valence-corrected chi connectivity index (χ1v) is 14.1. The molecule has 0 bridgehead atoms. The van der Waals surface area contributed by atoms with Crippen LogP contribution in [-0.4, -0.2) is 48.2 Å². The molecule has 1 aromatic heterocycles. The molecule has 37 heavy (non-hydrogen) atoms. The molecule has 1 aliphatic rings. The van der Waals surface area contributed by atoms with E-state index in [1.807, 2.05) is 48.5 Å². The molecule has 3 aromatic rings. The number of para-hydroxylation sites is 1. The average Bonchev–Trinajstić information content (AvgIpc) is 2.86. The number of hydrogen-bond acceptors (Lipinski definition) is 7. The van der Waals surface area contributed by atoms with Crippen molar-refractivity contribution in [3.05, 3.63) is 84.6 Å². The number of ether oxygens (including phenoxy) is 1. The lowest BCUT2D eigenvalue weighted by Gasteiger charge is -2.30. The predicted molar refractivity (Wildman–Crippen MR) is 141 cm³/mol. The fraction of sp³-hybridized carbons (Fsp3) is 0.333. The quantitative estimate of drug-likeness (QED) is 0.312. The second-order valence-electron chi connectivity index (χ2n) is 9.48. The van der Waals surface area contributed by atoms with Crippen LogP contribution in [0.2, 0.25) is 0 Å². The predicted octanol–water partition coefficient (Wildman–Crippen LogP) is 3.19. The number of amides is 1. The van der Waals surface area contributed by atoms with Gasteiger partial charge >= 0.3 is 7.12 Å². The van der Waals surface area contributed by atoms with E-state index in [9.17, 15) is 23.3 Å². The Balaban J connectivity index is 1.49. The van der Waals surface area contributed by atoms with Gasteiger partial charge in [0.1, 0.15) is 5.75 Å². The van der Waals surface area contributed by atoms with Crippen molar-refractivity contribution in [3.63, 3.8) is 0 Å². The van der Waals surface area contributed by atoms with Gasteiger partial charge in [-0.05, 0) is 42.5 Å². The number of benzene rings is 2. The molecule has 2 aromatic carbocycles. The van der Waals surface area contributed by atoms with Gasteiger partial charge < -0.3 is 20.1 Å². The maximum Gasteiger partial charge on any atom is 0.475 e. The van der Waals surface area contributed by atoms with Crippen molar-refractivity contribution in [2.75, 3.05) is 5.75 Å². The van der Waals surface area contributed by atoms with Gasteiger partial charge in [0.15, 0.2) is 9.84 Å². The van der Waals surface area contributed by atoms with Gasteiger partial charge in [-0.3, -0.25) is 4.79 Å². The van der Waals surface area contributed by atoms with E-state index in [4.69, 9.17) is 4.74 Å². The summed E-state index contributed by atoms with van der Waals surface area (Å²) in [4.78, 5) is 17.4. The Bertz CT molecular complexity index is 1250. The number of nitrogens with zero attached hydrogens (tertiary/aromatic N) is 1. The molecule has 0 aliphatic heterocycles. The summed E-state index contributed by atoms with van der Waals surface area (Å²) in [6, 6.07) is 21.1. The highest BCUT2D eigenvalue weighted by Gasteiger charge is 2.34. The molecule has 1 amide bonds. The smallest absolute Gasteiger partial charge is 0.439 e. The number of nitrogens with one attached hydrogen (secondary N) is 1. The van der Waals surface area contributed by atoms with E-state index in [-0.39, 0.29) is 17.2 Å². The zero-order valence-electron chi connectivity index (χ0n) is 20.4. The molecule has 2 atom stereocenters. The van der Waals surface area contributed by atoms with Crippen LogP contribution in [0.5, 0.6) is 11.6 Å². The number of carbonyl (C=O) groups is 1. The fourth-order valence-electron chi connectivity index (χ4n) is 4.35. The molecular weight excluding hydrogens is 491 g/mol. The van der Waals surface area contributed by atoms with Crippen molar-refractivity contribution in [1.29, 1.82) is 0 Å². The van der Waals surface area contributed by atoms with Gasteiger partial charge in [0.25, 0.3) is 0 Å². The lowest BCUT2D eigenvalue weighted by Crippen LogP contribution is -2.50. The minimum atomic E-state index is -3.89. The zero-order chi connectivity index (χ0) is 26.3. The maximum absolute atomic E-state index is 13.3. The first-order chi connectivity index (χ1) is 17.8. The third-order valence-corrected chi connectivity index (χ3v) is 8.45. The number of sulfone groups is 1. The molecule has 0 radical (unpaired) electrons. The fourth-order valence-corrected chi connectivity index (χ4v) is 5.83. The van der Waals surface area contributed by atoms with E-state index in [1.165, 1.54) is 18.3 Å². The Morgan fingerprint density at radius 2 is 1.70 bits per heavy atom. The minimum Gasteiger partial charge on any atom is -0.439 e. The van der Waals surface area contributed by atoms with E-state index in [2.05, 4.69) is 10.3 Å². The third-order valence-electron chi connectivity index (χ3n) is 6.65. The summed E-state index contributed by atoms with van der Waals surface area (Å²) in [5.41, 5.74) is 0.808. The van der Waals surface area contributed by atoms with Crippen molar-refractivity contribution >= 4 is 22.9 Å². The third kappa shape index (κ3) is 7.64. The highest BCUT2D eigenvalue weighted by Crippen LogP contribution is 2.31. The Morgan fingerprint density at radius 3 is 2.27 bits per heavy atom. The molecule has 10 heteroatoms. The summed E-state index contributed by atoms with van der Waals surface area (Å²) >= 11 is 0. The topological polar surface area (TPSA) is 126 Å². The van der Waals surface area contributed by atoms with E-state index in [0.29, 0.717) is 18.1 Å². The molecule has 0 unspecified atom stereocenters. The number of rotatable bonds is 12. The molecule has 1 fully saturated rings. The highest BCUT2D eigenvalue weighted by atomic mass is 32.2. The van der Waals surface area contributed by atoms with Crippen molar-refractivity contribution in [1.82, 2.24) is 10.3 Å². The lowest BCUT2D eigenvalue weighted by atomic mass is 9.69. The molecule has 1 heterocycles. The SMILES string of the molecule is O=C(N[C@@H](CC1CCC1)B(O)O)[C@H](Cc1ccccc1)CS(=O)(=O)c1ccc(Oc2ccccc2)nc1. The second-order valence-corrected chi connectivity index (χ2v) is 11.5.